The van der Waals surface area contributed by atoms with Crippen LogP contribution < -0.4 is 10.3 Å². The van der Waals surface area contributed by atoms with Crippen LogP contribution in [0, 0.1) is 11.3 Å². The van der Waals surface area contributed by atoms with Gasteiger partial charge in [-0.3, -0.25) is 4.79 Å². The number of ether oxygens (including phenoxy) is 1. The summed E-state index contributed by atoms with van der Waals surface area (Å²) >= 11 is 1.59. The van der Waals surface area contributed by atoms with Crippen LogP contribution in [0.2, 0.25) is 0 Å². The molecule has 0 unspecified atom stereocenters. The standard InChI is InChI=1S/C21H19N3O2S/c1-2-26-15-9-7-13(8-10-15)11-14(12-22)19-23-20(25)18-16-5-3-4-6-17(16)27-21(18)24-19/h7-11H,2-6H2,1H3,(H,23,24,25)/b14-11+. The van der Waals surface area contributed by atoms with Gasteiger partial charge in [0.05, 0.1) is 17.6 Å². The molecule has 0 saturated heterocycles. The Bertz CT molecular complexity index is 1120. The third-order valence-corrected chi connectivity index (χ3v) is 5.89. The molecule has 1 aromatic carbocycles. The second-order valence-electron chi connectivity index (χ2n) is 6.48. The number of nitriles is 1. The molecule has 6 heteroatoms. The number of nitrogens with zero attached hydrogens (tertiary/aromatic N) is 2. The van der Waals surface area contributed by atoms with Crippen LogP contribution in [0.3, 0.4) is 0 Å². The minimum atomic E-state index is -0.151. The number of hydrogen-bond acceptors (Lipinski definition) is 5. The van der Waals surface area contributed by atoms with Gasteiger partial charge in [-0.2, -0.15) is 5.26 Å². The Labute approximate surface area is 161 Å². The quantitative estimate of drug-likeness (QED) is 0.687. The number of benzene rings is 1. The van der Waals surface area contributed by atoms with E-state index in [2.05, 4.69) is 16.0 Å². The summed E-state index contributed by atoms with van der Waals surface area (Å²) in [6.45, 7) is 2.54. The molecule has 0 bridgehead atoms. The van der Waals surface area contributed by atoms with E-state index in [0.717, 1.165) is 47.4 Å². The molecule has 0 saturated carbocycles. The lowest BCUT2D eigenvalue weighted by Crippen LogP contribution is -2.12. The summed E-state index contributed by atoms with van der Waals surface area (Å²) in [6, 6.07) is 9.63. The number of aryl methyl sites for hydroxylation is 2. The Morgan fingerprint density at radius 1 is 1.33 bits per heavy atom. The molecule has 3 aromatic rings. The predicted molar refractivity (Wildman–Crippen MR) is 108 cm³/mol. The van der Waals surface area contributed by atoms with Gasteiger partial charge in [-0.05, 0) is 61.9 Å². The predicted octanol–water partition coefficient (Wildman–Crippen LogP) is 4.33. The summed E-state index contributed by atoms with van der Waals surface area (Å²) in [5.41, 5.74) is 2.19. The maximum atomic E-state index is 12.7. The molecule has 1 aliphatic rings. The van der Waals surface area contributed by atoms with Crippen molar-refractivity contribution in [3.05, 3.63) is 56.4 Å². The van der Waals surface area contributed by atoms with E-state index in [1.165, 1.54) is 4.88 Å². The van der Waals surface area contributed by atoms with Crippen molar-refractivity contribution in [2.24, 2.45) is 0 Å². The van der Waals surface area contributed by atoms with Crippen molar-refractivity contribution in [2.75, 3.05) is 6.61 Å². The number of aromatic amines is 1. The van der Waals surface area contributed by atoms with Crippen molar-refractivity contribution >= 4 is 33.2 Å². The van der Waals surface area contributed by atoms with Gasteiger partial charge in [0.2, 0.25) is 0 Å². The third kappa shape index (κ3) is 3.38. The number of thiophene rings is 1. The Balaban J connectivity index is 1.75. The minimum absolute atomic E-state index is 0.151. The summed E-state index contributed by atoms with van der Waals surface area (Å²) in [5, 5.41) is 10.3. The van der Waals surface area contributed by atoms with Crippen LogP contribution >= 0.6 is 11.3 Å². The molecular formula is C21H19N3O2S. The average molecular weight is 377 g/mol. The monoisotopic (exact) mass is 377 g/mol. The zero-order valence-corrected chi connectivity index (χ0v) is 15.9. The van der Waals surface area contributed by atoms with Crippen molar-refractivity contribution in [1.82, 2.24) is 9.97 Å². The molecule has 2 heterocycles. The number of H-pyrrole nitrogens is 1. The molecule has 4 rings (SSSR count). The van der Waals surface area contributed by atoms with E-state index >= 15 is 0 Å². The lowest BCUT2D eigenvalue weighted by atomic mass is 9.97. The van der Waals surface area contributed by atoms with Gasteiger partial charge in [-0.1, -0.05) is 12.1 Å². The van der Waals surface area contributed by atoms with Crippen LogP contribution in [0.5, 0.6) is 5.75 Å². The number of fused-ring (bicyclic) bond motifs is 3. The molecule has 0 atom stereocenters. The summed E-state index contributed by atoms with van der Waals surface area (Å²) in [6.07, 6.45) is 5.95. The molecule has 0 amide bonds. The van der Waals surface area contributed by atoms with Gasteiger partial charge in [0.15, 0.2) is 5.82 Å². The van der Waals surface area contributed by atoms with Crippen LogP contribution in [-0.2, 0) is 12.8 Å². The molecule has 2 aromatic heterocycles. The topological polar surface area (TPSA) is 78.8 Å². The number of rotatable bonds is 4. The van der Waals surface area contributed by atoms with Crippen LogP contribution in [0.15, 0.2) is 29.1 Å². The normalized spacial score (nSPS) is 14.0. The number of hydrogen-bond donors (Lipinski definition) is 1. The van der Waals surface area contributed by atoms with Crippen LogP contribution in [-0.4, -0.2) is 16.6 Å². The van der Waals surface area contributed by atoms with Gasteiger partial charge in [-0.15, -0.1) is 11.3 Å². The van der Waals surface area contributed by atoms with Crippen LogP contribution in [0.1, 0.15) is 41.6 Å². The van der Waals surface area contributed by atoms with E-state index in [4.69, 9.17) is 4.74 Å². The van der Waals surface area contributed by atoms with Gasteiger partial charge in [-0.25, -0.2) is 4.98 Å². The molecule has 136 valence electrons. The van der Waals surface area contributed by atoms with E-state index in [1.807, 2.05) is 31.2 Å². The van der Waals surface area contributed by atoms with Gasteiger partial charge in [0, 0.05) is 4.88 Å². The molecular weight excluding hydrogens is 358 g/mol. The second-order valence-corrected chi connectivity index (χ2v) is 7.56. The summed E-state index contributed by atoms with van der Waals surface area (Å²) in [7, 11) is 0. The lowest BCUT2D eigenvalue weighted by Gasteiger charge is -2.09. The van der Waals surface area contributed by atoms with Crippen molar-refractivity contribution < 1.29 is 4.74 Å². The fraction of sp³-hybridized carbons (Fsp3) is 0.286. The zero-order chi connectivity index (χ0) is 18.8. The van der Waals surface area contributed by atoms with Crippen LogP contribution in [0.4, 0.5) is 0 Å². The molecule has 27 heavy (non-hydrogen) atoms. The molecule has 5 nitrogen and oxygen atoms in total. The first-order valence-corrected chi connectivity index (χ1v) is 9.91. The smallest absolute Gasteiger partial charge is 0.260 e. The lowest BCUT2D eigenvalue weighted by molar-refractivity contribution is 0.340. The third-order valence-electron chi connectivity index (χ3n) is 4.70. The van der Waals surface area contributed by atoms with Gasteiger partial charge >= 0.3 is 0 Å². The summed E-state index contributed by atoms with van der Waals surface area (Å²) in [5.74, 6) is 1.10. The zero-order valence-electron chi connectivity index (χ0n) is 15.0. The fourth-order valence-corrected chi connectivity index (χ4v) is 4.70. The molecule has 0 radical (unpaired) electrons. The van der Waals surface area contributed by atoms with Crippen molar-refractivity contribution in [3.63, 3.8) is 0 Å². The molecule has 0 spiro atoms. The maximum Gasteiger partial charge on any atom is 0.260 e. The summed E-state index contributed by atoms with van der Waals surface area (Å²) in [4.78, 5) is 22.1. The van der Waals surface area contributed by atoms with Crippen molar-refractivity contribution in [2.45, 2.75) is 32.6 Å². The first-order valence-electron chi connectivity index (χ1n) is 9.09. The van der Waals surface area contributed by atoms with E-state index < -0.39 is 0 Å². The molecule has 0 fully saturated rings. The van der Waals surface area contributed by atoms with Crippen molar-refractivity contribution in [3.8, 4) is 11.8 Å². The SMILES string of the molecule is CCOc1ccc(/C=C(\C#N)c2nc3sc4c(c3c(=O)[nH]2)CCCC4)cc1. The highest BCUT2D eigenvalue weighted by molar-refractivity contribution is 7.18. The Kier molecular flexibility index (Phi) is 4.78. The van der Waals surface area contributed by atoms with E-state index in [1.54, 1.807) is 17.4 Å². The highest BCUT2D eigenvalue weighted by atomic mass is 32.1. The fourth-order valence-electron chi connectivity index (χ4n) is 3.44. The minimum Gasteiger partial charge on any atom is -0.494 e. The van der Waals surface area contributed by atoms with E-state index in [0.29, 0.717) is 23.4 Å². The first-order chi connectivity index (χ1) is 13.2. The van der Waals surface area contributed by atoms with E-state index in [-0.39, 0.29) is 5.56 Å². The van der Waals surface area contributed by atoms with E-state index in [9.17, 15) is 10.1 Å². The first kappa shape index (κ1) is 17.5. The average Bonchev–Trinajstić information content (AvgIpc) is 3.06. The number of allylic oxidation sites excluding steroid dienone is 1. The Morgan fingerprint density at radius 2 is 2.11 bits per heavy atom. The van der Waals surface area contributed by atoms with Gasteiger partial charge in [0.25, 0.3) is 5.56 Å². The van der Waals surface area contributed by atoms with Crippen LogP contribution in [0.25, 0.3) is 21.9 Å². The largest absolute Gasteiger partial charge is 0.494 e. The second kappa shape index (κ2) is 7.37. The number of aromatic nitrogens is 2. The Hall–Kier alpha value is -2.91. The highest BCUT2D eigenvalue weighted by Crippen LogP contribution is 2.34. The Morgan fingerprint density at radius 3 is 2.85 bits per heavy atom. The summed E-state index contributed by atoms with van der Waals surface area (Å²) < 4.78 is 5.44. The maximum absolute atomic E-state index is 12.7. The molecule has 0 aliphatic heterocycles. The molecule has 1 aliphatic carbocycles. The van der Waals surface area contributed by atoms with Gasteiger partial charge < -0.3 is 9.72 Å². The number of nitrogens with one attached hydrogen (secondary N) is 1. The van der Waals surface area contributed by atoms with Crippen molar-refractivity contribution in [1.29, 1.82) is 5.26 Å². The molecule has 1 N–H and O–H groups in total. The highest BCUT2D eigenvalue weighted by Gasteiger charge is 2.20. The van der Waals surface area contributed by atoms with Gasteiger partial charge in [0.1, 0.15) is 16.6 Å².